The summed E-state index contributed by atoms with van der Waals surface area (Å²) in [7, 11) is 2.15. The fourth-order valence-corrected chi connectivity index (χ4v) is 3.98. The summed E-state index contributed by atoms with van der Waals surface area (Å²) in [5.41, 5.74) is 7.82. The normalized spacial score (nSPS) is 15.9. The Hall–Kier alpha value is -2.90. The molecule has 0 spiro atoms. The average molecular weight is 408 g/mol. The summed E-state index contributed by atoms with van der Waals surface area (Å²) in [6, 6.07) is 12.9. The average Bonchev–Trinajstić information content (AvgIpc) is 2.93. The highest BCUT2D eigenvalue weighted by Crippen LogP contribution is 2.24. The Bertz CT molecular complexity index is 1090. The number of hydrogen-bond acceptors (Lipinski definition) is 6. The van der Waals surface area contributed by atoms with E-state index >= 15 is 0 Å². The second kappa shape index (κ2) is 8.85. The summed E-state index contributed by atoms with van der Waals surface area (Å²) in [5, 5.41) is 0.551. The number of rotatable bonds is 5. The molecule has 30 heavy (non-hydrogen) atoms. The molecular formula is C23H29N5O2. The molecule has 1 saturated heterocycles. The summed E-state index contributed by atoms with van der Waals surface area (Å²) >= 11 is 0. The molecule has 0 aliphatic carbocycles. The van der Waals surface area contributed by atoms with E-state index in [1.165, 1.54) is 0 Å². The Balaban J connectivity index is 1.87. The maximum Gasteiger partial charge on any atom is 0.266 e. The van der Waals surface area contributed by atoms with Crippen LogP contribution in [0.3, 0.4) is 0 Å². The lowest BCUT2D eigenvalue weighted by molar-refractivity contribution is 0.261. The van der Waals surface area contributed by atoms with Gasteiger partial charge in [-0.25, -0.2) is 4.98 Å². The van der Waals surface area contributed by atoms with E-state index in [2.05, 4.69) is 16.8 Å². The molecule has 7 heteroatoms. The number of para-hydroxylation sites is 2. The molecule has 0 bridgehead atoms. The van der Waals surface area contributed by atoms with Crippen LogP contribution in [0.2, 0.25) is 0 Å². The van der Waals surface area contributed by atoms with Crippen molar-refractivity contribution < 1.29 is 4.74 Å². The first-order valence-corrected chi connectivity index (χ1v) is 10.5. The maximum atomic E-state index is 13.6. The van der Waals surface area contributed by atoms with Gasteiger partial charge in [0.25, 0.3) is 5.56 Å². The van der Waals surface area contributed by atoms with Gasteiger partial charge in [0, 0.05) is 18.8 Å². The fraction of sp³-hybridized carbons (Fsp3) is 0.391. The Labute approximate surface area is 176 Å². The lowest BCUT2D eigenvalue weighted by Crippen LogP contribution is -2.33. The van der Waals surface area contributed by atoms with Crippen molar-refractivity contribution in [3.05, 3.63) is 58.6 Å². The Kier molecular flexibility index (Phi) is 6.01. The molecule has 1 aromatic heterocycles. The molecule has 2 heterocycles. The highest BCUT2D eigenvalue weighted by atomic mass is 16.5. The minimum absolute atomic E-state index is 0.103. The van der Waals surface area contributed by atoms with E-state index in [1.807, 2.05) is 31.2 Å². The standard InChI is InChI=1S/C23H29N5O2/c1-3-30-21-8-5-4-7-20(21)28-22(16-27-12-6-11-26(2)13-14-27)25-19-15-17(24)9-10-18(19)23(28)29/h4-5,7-10,15H,3,6,11-14,16,24H2,1-2H3. The molecule has 3 aromatic rings. The van der Waals surface area contributed by atoms with E-state index in [4.69, 9.17) is 15.5 Å². The second-order valence-corrected chi connectivity index (χ2v) is 7.78. The topological polar surface area (TPSA) is 76.6 Å². The smallest absolute Gasteiger partial charge is 0.266 e. The van der Waals surface area contributed by atoms with Gasteiger partial charge in [0.1, 0.15) is 11.6 Å². The van der Waals surface area contributed by atoms with Crippen molar-refractivity contribution in [1.82, 2.24) is 19.4 Å². The van der Waals surface area contributed by atoms with Crippen molar-refractivity contribution in [2.75, 3.05) is 45.6 Å². The van der Waals surface area contributed by atoms with Crippen molar-refractivity contribution in [3.63, 3.8) is 0 Å². The van der Waals surface area contributed by atoms with Gasteiger partial charge in [-0.1, -0.05) is 12.1 Å². The first-order valence-electron chi connectivity index (χ1n) is 10.5. The minimum atomic E-state index is -0.103. The zero-order valence-electron chi connectivity index (χ0n) is 17.7. The van der Waals surface area contributed by atoms with E-state index < -0.39 is 0 Å². The number of nitrogen functional groups attached to an aromatic ring is 1. The summed E-state index contributed by atoms with van der Waals surface area (Å²) < 4.78 is 7.54. The third kappa shape index (κ3) is 4.17. The van der Waals surface area contributed by atoms with Crippen molar-refractivity contribution in [1.29, 1.82) is 0 Å². The Morgan fingerprint density at radius 3 is 2.77 bits per heavy atom. The molecule has 0 saturated carbocycles. The fourth-order valence-electron chi connectivity index (χ4n) is 3.98. The number of anilines is 1. The number of aromatic nitrogens is 2. The third-order valence-corrected chi connectivity index (χ3v) is 5.55. The van der Waals surface area contributed by atoms with Crippen molar-refractivity contribution in [3.8, 4) is 11.4 Å². The minimum Gasteiger partial charge on any atom is -0.492 e. The van der Waals surface area contributed by atoms with Gasteiger partial charge < -0.3 is 15.4 Å². The molecule has 2 aromatic carbocycles. The molecule has 7 nitrogen and oxygen atoms in total. The molecule has 0 amide bonds. The van der Waals surface area contributed by atoms with Crippen LogP contribution in [0, 0.1) is 0 Å². The molecule has 0 unspecified atom stereocenters. The monoisotopic (exact) mass is 407 g/mol. The van der Waals surface area contributed by atoms with E-state index in [9.17, 15) is 4.79 Å². The number of hydrogen-bond donors (Lipinski definition) is 1. The van der Waals surface area contributed by atoms with Gasteiger partial charge in [-0.05, 0) is 63.8 Å². The summed E-state index contributed by atoms with van der Waals surface area (Å²) in [6.07, 6.45) is 1.09. The molecule has 1 fully saturated rings. The molecule has 0 radical (unpaired) electrons. The predicted molar refractivity (Wildman–Crippen MR) is 120 cm³/mol. The Morgan fingerprint density at radius 1 is 1.10 bits per heavy atom. The SMILES string of the molecule is CCOc1ccccc1-n1c(CN2CCCN(C)CC2)nc2cc(N)ccc2c1=O. The first kappa shape index (κ1) is 20.4. The van der Waals surface area contributed by atoms with Crippen LogP contribution < -0.4 is 16.0 Å². The number of benzene rings is 2. The van der Waals surface area contributed by atoms with Gasteiger partial charge >= 0.3 is 0 Å². The summed E-state index contributed by atoms with van der Waals surface area (Å²) in [4.78, 5) is 23.2. The van der Waals surface area contributed by atoms with Gasteiger partial charge in [-0.15, -0.1) is 0 Å². The lowest BCUT2D eigenvalue weighted by atomic mass is 10.2. The van der Waals surface area contributed by atoms with Crippen LogP contribution in [-0.4, -0.2) is 59.2 Å². The zero-order valence-corrected chi connectivity index (χ0v) is 17.7. The molecule has 0 atom stereocenters. The second-order valence-electron chi connectivity index (χ2n) is 7.78. The number of nitrogens with zero attached hydrogens (tertiary/aromatic N) is 4. The van der Waals surface area contributed by atoms with Crippen LogP contribution in [0.1, 0.15) is 19.2 Å². The maximum absolute atomic E-state index is 13.6. The molecular weight excluding hydrogens is 378 g/mol. The Morgan fingerprint density at radius 2 is 1.93 bits per heavy atom. The lowest BCUT2D eigenvalue weighted by Gasteiger charge is -2.23. The predicted octanol–water partition coefficient (Wildman–Crippen LogP) is 2.50. The zero-order chi connectivity index (χ0) is 21.1. The van der Waals surface area contributed by atoms with Crippen molar-refractivity contribution in [2.45, 2.75) is 19.9 Å². The van der Waals surface area contributed by atoms with E-state index in [0.29, 0.717) is 41.3 Å². The van der Waals surface area contributed by atoms with Crippen molar-refractivity contribution in [2.24, 2.45) is 0 Å². The largest absolute Gasteiger partial charge is 0.492 e. The molecule has 1 aliphatic heterocycles. The highest BCUT2D eigenvalue weighted by Gasteiger charge is 2.20. The van der Waals surface area contributed by atoms with Gasteiger partial charge in [0.2, 0.25) is 0 Å². The molecule has 158 valence electrons. The van der Waals surface area contributed by atoms with Crippen LogP contribution in [0.5, 0.6) is 5.75 Å². The summed E-state index contributed by atoms with van der Waals surface area (Å²) in [5.74, 6) is 1.38. The number of nitrogens with two attached hydrogens (primary N) is 1. The van der Waals surface area contributed by atoms with Crippen LogP contribution >= 0.6 is 0 Å². The molecule has 4 rings (SSSR count). The van der Waals surface area contributed by atoms with Gasteiger partial charge in [-0.2, -0.15) is 0 Å². The van der Waals surface area contributed by atoms with Crippen LogP contribution in [0.4, 0.5) is 5.69 Å². The van der Waals surface area contributed by atoms with Crippen LogP contribution in [0.25, 0.3) is 16.6 Å². The van der Waals surface area contributed by atoms with Crippen molar-refractivity contribution >= 4 is 16.6 Å². The van der Waals surface area contributed by atoms with E-state index in [-0.39, 0.29) is 5.56 Å². The number of fused-ring (bicyclic) bond motifs is 1. The number of likely N-dealkylation sites (N-methyl/N-ethyl adjacent to an activating group) is 1. The van der Waals surface area contributed by atoms with E-state index in [1.54, 1.807) is 22.8 Å². The molecule has 2 N–H and O–H groups in total. The first-order chi connectivity index (χ1) is 14.6. The summed E-state index contributed by atoms with van der Waals surface area (Å²) in [6.45, 7) is 7.05. The van der Waals surface area contributed by atoms with Gasteiger partial charge in [0.15, 0.2) is 0 Å². The highest BCUT2D eigenvalue weighted by molar-refractivity contribution is 5.81. The van der Waals surface area contributed by atoms with Gasteiger partial charge in [-0.3, -0.25) is 14.3 Å². The van der Waals surface area contributed by atoms with Gasteiger partial charge in [0.05, 0.1) is 29.7 Å². The number of ether oxygens (including phenoxy) is 1. The molecule has 1 aliphatic rings. The van der Waals surface area contributed by atoms with Crippen LogP contribution in [-0.2, 0) is 6.54 Å². The van der Waals surface area contributed by atoms with E-state index in [0.717, 1.165) is 38.3 Å². The third-order valence-electron chi connectivity index (χ3n) is 5.55. The quantitative estimate of drug-likeness (QED) is 0.655. The van der Waals surface area contributed by atoms with Crippen LogP contribution in [0.15, 0.2) is 47.3 Å².